The number of aromatic nitrogens is 1. The lowest BCUT2D eigenvalue weighted by Crippen LogP contribution is -2.46. The molecular weight excluding hydrogens is 294 g/mol. The zero-order chi connectivity index (χ0) is 17.2. The van der Waals surface area contributed by atoms with E-state index in [4.69, 9.17) is 0 Å². The zero-order valence-electron chi connectivity index (χ0n) is 15.4. The third-order valence-corrected chi connectivity index (χ3v) is 4.82. The molecule has 0 bridgehead atoms. The van der Waals surface area contributed by atoms with Crippen molar-refractivity contribution in [2.45, 2.75) is 39.7 Å². The highest BCUT2D eigenvalue weighted by Crippen LogP contribution is 2.23. The number of nitrogens with zero attached hydrogens (tertiary/aromatic N) is 3. The van der Waals surface area contributed by atoms with E-state index in [1.165, 1.54) is 16.7 Å². The maximum absolute atomic E-state index is 4.55. The largest absolute Gasteiger partial charge is 0.354 e. The van der Waals surface area contributed by atoms with Crippen molar-refractivity contribution < 1.29 is 0 Å². The molecule has 3 nitrogen and oxygen atoms in total. The molecule has 1 aliphatic rings. The van der Waals surface area contributed by atoms with Gasteiger partial charge in [0.05, 0.1) is 0 Å². The third-order valence-electron chi connectivity index (χ3n) is 4.82. The van der Waals surface area contributed by atoms with E-state index in [-0.39, 0.29) is 5.41 Å². The molecule has 3 rings (SSSR count). The summed E-state index contributed by atoms with van der Waals surface area (Å²) in [6.07, 6.45) is 1.96. The molecule has 0 aliphatic carbocycles. The Morgan fingerprint density at radius 2 is 1.58 bits per heavy atom. The Kier molecular flexibility index (Phi) is 4.91. The van der Waals surface area contributed by atoms with Crippen LogP contribution in [0.25, 0.3) is 0 Å². The number of piperazine rings is 1. The molecule has 1 aromatic carbocycles. The van der Waals surface area contributed by atoms with Crippen LogP contribution in [0, 0.1) is 6.92 Å². The van der Waals surface area contributed by atoms with Crippen LogP contribution in [0.4, 0.5) is 5.82 Å². The van der Waals surface area contributed by atoms with Gasteiger partial charge in [-0.2, -0.15) is 0 Å². The predicted octanol–water partition coefficient (Wildman–Crippen LogP) is 4.01. The molecule has 2 heterocycles. The van der Waals surface area contributed by atoms with Crippen molar-refractivity contribution in [2.75, 3.05) is 31.1 Å². The minimum absolute atomic E-state index is 0.227. The van der Waals surface area contributed by atoms with Gasteiger partial charge in [0.25, 0.3) is 0 Å². The van der Waals surface area contributed by atoms with E-state index in [0.29, 0.717) is 0 Å². The van der Waals surface area contributed by atoms with Gasteiger partial charge in [-0.15, -0.1) is 0 Å². The van der Waals surface area contributed by atoms with Crippen LogP contribution in [0.5, 0.6) is 0 Å². The minimum Gasteiger partial charge on any atom is -0.354 e. The Labute approximate surface area is 146 Å². The van der Waals surface area contributed by atoms with E-state index in [1.54, 1.807) is 0 Å². The zero-order valence-corrected chi connectivity index (χ0v) is 15.4. The van der Waals surface area contributed by atoms with Crippen molar-refractivity contribution in [3.63, 3.8) is 0 Å². The standard InChI is InChI=1S/C21H29N3/c1-17-5-10-20(22-15-17)24-13-11-23(12-14-24)16-18-6-8-19(9-7-18)21(2,3)4/h5-10,15H,11-14,16H2,1-4H3. The fourth-order valence-corrected chi connectivity index (χ4v) is 3.15. The Balaban J connectivity index is 1.54. The van der Waals surface area contributed by atoms with Gasteiger partial charge in [-0.25, -0.2) is 4.98 Å². The van der Waals surface area contributed by atoms with Gasteiger partial charge in [-0.05, 0) is 35.1 Å². The minimum atomic E-state index is 0.227. The normalized spacial score (nSPS) is 16.4. The highest BCUT2D eigenvalue weighted by Gasteiger charge is 2.18. The smallest absolute Gasteiger partial charge is 0.128 e. The fourth-order valence-electron chi connectivity index (χ4n) is 3.15. The second kappa shape index (κ2) is 6.94. The lowest BCUT2D eigenvalue weighted by atomic mass is 9.87. The number of benzene rings is 1. The number of aryl methyl sites for hydroxylation is 1. The van der Waals surface area contributed by atoms with Gasteiger partial charge in [0.15, 0.2) is 0 Å². The summed E-state index contributed by atoms with van der Waals surface area (Å²) in [6, 6.07) is 13.4. The van der Waals surface area contributed by atoms with Crippen LogP contribution in [0.1, 0.15) is 37.5 Å². The van der Waals surface area contributed by atoms with Gasteiger partial charge in [0.2, 0.25) is 0 Å². The molecular formula is C21H29N3. The van der Waals surface area contributed by atoms with Gasteiger partial charge in [0.1, 0.15) is 5.82 Å². The van der Waals surface area contributed by atoms with E-state index in [9.17, 15) is 0 Å². The predicted molar refractivity (Wildman–Crippen MR) is 102 cm³/mol. The molecule has 24 heavy (non-hydrogen) atoms. The van der Waals surface area contributed by atoms with Gasteiger partial charge in [-0.1, -0.05) is 51.1 Å². The van der Waals surface area contributed by atoms with Gasteiger partial charge >= 0.3 is 0 Å². The Hall–Kier alpha value is -1.87. The van der Waals surface area contributed by atoms with E-state index < -0.39 is 0 Å². The second-order valence-corrected chi connectivity index (χ2v) is 7.90. The molecule has 2 aromatic rings. The molecule has 0 spiro atoms. The molecule has 1 saturated heterocycles. The monoisotopic (exact) mass is 323 g/mol. The number of hydrogen-bond donors (Lipinski definition) is 0. The molecule has 0 unspecified atom stereocenters. The molecule has 0 amide bonds. The maximum Gasteiger partial charge on any atom is 0.128 e. The van der Waals surface area contributed by atoms with Gasteiger partial charge < -0.3 is 4.90 Å². The van der Waals surface area contributed by atoms with Crippen LogP contribution in [-0.2, 0) is 12.0 Å². The summed E-state index contributed by atoms with van der Waals surface area (Å²) in [4.78, 5) is 9.48. The summed E-state index contributed by atoms with van der Waals surface area (Å²) in [7, 11) is 0. The van der Waals surface area contributed by atoms with E-state index in [2.05, 4.69) is 78.9 Å². The van der Waals surface area contributed by atoms with E-state index in [1.807, 2.05) is 6.20 Å². The van der Waals surface area contributed by atoms with Crippen LogP contribution < -0.4 is 4.90 Å². The Morgan fingerprint density at radius 1 is 0.917 bits per heavy atom. The second-order valence-electron chi connectivity index (χ2n) is 7.90. The van der Waals surface area contributed by atoms with Crippen molar-refractivity contribution >= 4 is 5.82 Å². The summed E-state index contributed by atoms with van der Waals surface area (Å²) < 4.78 is 0. The number of hydrogen-bond acceptors (Lipinski definition) is 3. The van der Waals surface area contributed by atoms with Gasteiger partial charge in [0, 0.05) is 38.9 Å². The van der Waals surface area contributed by atoms with Crippen LogP contribution in [0.15, 0.2) is 42.6 Å². The number of rotatable bonds is 3. The number of pyridine rings is 1. The van der Waals surface area contributed by atoms with Crippen molar-refractivity contribution in [1.82, 2.24) is 9.88 Å². The lowest BCUT2D eigenvalue weighted by Gasteiger charge is -2.35. The van der Waals surface area contributed by atoms with E-state index >= 15 is 0 Å². The average molecular weight is 323 g/mol. The van der Waals surface area contributed by atoms with E-state index in [0.717, 1.165) is 38.5 Å². The lowest BCUT2D eigenvalue weighted by molar-refractivity contribution is 0.249. The van der Waals surface area contributed by atoms with Crippen molar-refractivity contribution in [2.24, 2.45) is 0 Å². The van der Waals surface area contributed by atoms with Gasteiger partial charge in [-0.3, -0.25) is 4.90 Å². The summed E-state index contributed by atoms with van der Waals surface area (Å²) in [6.45, 7) is 14.2. The number of anilines is 1. The first-order chi connectivity index (χ1) is 11.4. The van der Waals surface area contributed by atoms with Crippen LogP contribution in [0.3, 0.4) is 0 Å². The molecule has 0 N–H and O–H groups in total. The van der Waals surface area contributed by atoms with Crippen LogP contribution in [-0.4, -0.2) is 36.1 Å². The fraction of sp³-hybridized carbons (Fsp3) is 0.476. The SMILES string of the molecule is Cc1ccc(N2CCN(Cc3ccc(C(C)(C)C)cc3)CC2)nc1. The Bertz CT molecular complexity index is 645. The summed E-state index contributed by atoms with van der Waals surface area (Å²) >= 11 is 0. The highest BCUT2D eigenvalue weighted by molar-refractivity contribution is 5.39. The van der Waals surface area contributed by atoms with Crippen LogP contribution in [0.2, 0.25) is 0 Å². The molecule has 1 fully saturated rings. The third kappa shape index (κ3) is 4.15. The molecule has 1 aliphatic heterocycles. The first-order valence-corrected chi connectivity index (χ1v) is 8.91. The molecule has 0 saturated carbocycles. The molecule has 1 aromatic heterocycles. The maximum atomic E-state index is 4.55. The summed E-state index contributed by atoms with van der Waals surface area (Å²) in [5.41, 5.74) is 4.26. The van der Waals surface area contributed by atoms with Crippen molar-refractivity contribution in [3.8, 4) is 0 Å². The molecule has 0 atom stereocenters. The average Bonchev–Trinajstić information content (AvgIpc) is 2.56. The first kappa shape index (κ1) is 17.0. The molecule has 128 valence electrons. The summed E-state index contributed by atoms with van der Waals surface area (Å²) in [5.74, 6) is 1.11. The van der Waals surface area contributed by atoms with Crippen molar-refractivity contribution in [1.29, 1.82) is 0 Å². The molecule has 3 heteroatoms. The summed E-state index contributed by atoms with van der Waals surface area (Å²) in [5, 5.41) is 0. The first-order valence-electron chi connectivity index (χ1n) is 8.91. The molecule has 0 radical (unpaired) electrons. The van der Waals surface area contributed by atoms with Crippen LogP contribution >= 0.6 is 0 Å². The topological polar surface area (TPSA) is 19.4 Å². The van der Waals surface area contributed by atoms with Crippen molar-refractivity contribution in [3.05, 3.63) is 59.3 Å². The quantitative estimate of drug-likeness (QED) is 0.851. The highest BCUT2D eigenvalue weighted by atomic mass is 15.3. The Morgan fingerprint density at radius 3 is 2.12 bits per heavy atom.